The second-order valence-corrected chi connectivity index (χ2v) is 19.5. The van der Waals surface area contributed by atoms with Gasteiger partial charge in [-0.3, -0.25) is 9.80 Å². The van der Waals surface area contributed by atoms with Gasteiger partial charge >= 0.3 is 0 Å². The van der Waals surface area contributed by atoms with E-state index in [1.54, 1.807) is 6.08 Å². The minimum atomic E-state index is -0.208. The molecular formula is C65H52N6. The molecule has 342 valence electrons. The summed E-state index contributed by atoms with van der Waals surface area (Å²) in [6.45, 7) is 13.3. The van der Waals surface area contributed by atoms with Crippen molar-refractivity contribution >= 4 is 50.4 Å². The summed E-state index contributed by atoms with van der Waals surface area (Å²) in [5.41, 5.74) is 23.5. The first-order valence-corrected chi connectivity index (χ1v) is 24.2. The van der Waals surface area contributed by atoms with Crippen molar-refractivity contribution in [2.75, 3.05) is 9.80 Å². The molecule has 7 aromatic carbocycles. The Morgan fingerprint density at radius 3 is 1.39 bits per heavy atom. The molecule has 2 N–H and O–H groups in total. The highest BCUT2D eigenvalue weighted by atomic mass is 15.2. The van der Waals surface area contributed by atoms with Gasteiger partial charge in [-0.25, -0.2) is 15.0 Å². The van der Waals surface area contributed by atoms with E-state index in [0.717, 1.165) is 66.8 Å². The van der Waals surface area contributed by atoms with Gasteiger partial charge in [-0.2, -0.15) is 0 Å². The van der Waals surface area contributed by atoms with Crippen LogP contribution in [-0.4, -0.2) is 15.0 Å². The lowest BCUT2D eigenvalue weighted by Crippen LogP contribution is -2.23. The summed E-state index contributed by atoms with van der Waals surface area (Å²) in [6.07, 6.45) is 12.9. The van der Waals surface area contributed by atoms with Gasteiger partial charge in [-0.15, -0.1) is 0 Å². The van der Waals surface area contributed by atoms with Gasteiger partial charge in [0.1, 0.15) is 23.3 Å². The van der Waals surface area contributed by atoms with Gasteiger partial charge in [0.15, 0.2) is 0 Å². The Morgan fingerprint density at radius 1 is 0.451 bits per heavy atom. The van der Waals surface area contributed by atoms with Crippen molar-refractivity contribution in [1.29, 1.82) is 0 Å². The molecule has 10 aromatic rings. The number of benzene rings is 7. The first-order chi connectivity index (χ1) is 34.6. The normalized spacial score (nSPS) is 14.0. The zero-order valence-corrected chi connectivity index (χ0v) is 40.3. The summed E-state index contributed by atoms with van der Waals surface area (Å²) in [5, 5.41) is 4.44. The average molecular weight is 917 g/mol. The van der Waals surface area contributed by atoms with Crippen molar-refractivity contribution < 1.29 is 0 Å². The van der Waals surface area contributed by atoms with Crippen LogP contribution in [0, 0.1) is 0 Å². The molecule has 3 heterocycles. The van der Waals surface area contributed by atoms with Crippen LogP contribution < -0.4 is 15.5 Å². The van der Waals surface area contributed by atoms with Gasteiger partial charge in [0.05, 0.1) is 0 Å². The van der Waals surface area contributed by atoms with Crippen LogP contribution in [0.5, 0.6) is 0 Å². The third-order valence-electron chi connectivity index (χ3n) is 14.8. The van der Waals surface area contributed by atoms with Crippen LogP contribution in [0.2, 0.25) is 0 Å². The molecule has 0 fully saturated rings. The third-order valence-corrected chi connectivity index (χ3v) is 14.8. The van der Waals surface area contributed by atoms with E-state index in [-0.39, 0.29) is 10.8 Å². The Morgan fingerprint density at radius 2 is 0.901 bits per heavy atom. The van der Waals surface area contributed by atoms with E-state index in [2.05, 4.69) is 161 Å². The zero-order chi connectivity index (χ0) is 48.4. The number of pyridine rings is 3. The Balaban J connectivity index is 1.20. The van der Waals surface area contributed by atoms with E-state index >= 15 is 0 Å². The molecule has 0 saturated heterocycles. The highest BCUT2D eigenvalue weighted by Gasteiger charge is 2.37. The molecule has 3 aromatic heterocycles. The highest BCUT2D eigenvalue weighted by Crippen LogP contribution is 2.54. The number of anilines is 5. The lowest BCUT2D eigenvalue weighted by Gasteiger charge is -2.27. The summed E-state index contributed by atoms with van der Waals surface area (Å²) in [6, 6.07) is 63.5. The molecule has 0 atom stereocenters. The van der Waals surface area contributed by atoms with E-state index in [4.69, 9.17) is 20.7 Å². The summed E-state index contributed by atoms with van der Waals surface area (Å²) in [7, 11) is 0. The fourth-order valence-corrected chi connectivity index (χ4v) is 11.4. The minimum absolute atomic E-state index is 0.206. The molecular weight excluding hydrogens is 865 g/mol. The van der Waals surface area contributed by atoms with Crippen molar-refractivity contribution in [2.24, 2.45) is 5.73 Å². The highest BCUT2D eigenvalue weighted by molar-refractivity contribution is 6.23. The van der Waals surface area contributed by atoms with Crippen molar-refractivity contribution in [1.82, 2.24) is 15.0 Å². The predicted molar refractivity (Wildman–Crippen MR) is 296 cm³/mol. The Kier molecular flexibility index (Phi) is 10.4. The average Bonchev–Trinajstić information content (AvgIpc) is 3.77. The lowest BCUT2D eigenvalue weighted by molar-refractivity contribution is 0.660. The molecule has 12 rings (SSSR count). The second kappa shape index (κ2) is 17.0. The van der Waals surface area contributed by atoms with Crippen molar-refractivity contribution in [3.8, 4) is 44.5 Å². The van der Waals surface area contributed by atoms with Crippen LogP contribution in [0.1, 0.15) is 49.9 Å². The van der Waals surface area contributed by atoms with Gasteiger partial charge < -0.3 is 5.73 Å². The van der Waals surface area contributed by atoms with E-state index in [9.17, 15) is 0 Å². The molecule has 6 nitrogen and oxygen atoms in total. The first kappa shape index (κ1) is 43.4. The predicted octanol–water partition coefficient (Wildman–Crippen LogP) is 16.3. The van der Waals surface area contributed by atoms with E-state index in [1.807, 2.05) is 96.3 Å². The molecule has 0 bridgehead atoms. The molecule has 0 amide bonds. The summed E-state index contributed by atoms with van der Waals surface area (Å²) < 4.78 is 0. The van der Waals surface area contributed by atoms with Gasteiger partial charge in [0.25, 0.3) is 0 Å². The monoisotopic (exact) mass is 916 g/mol. The van der Waals surface area contributed by atoms with Crippen molar-refractivity contribution in [3.05, 3.63) is 253 Å². The number of allylic oxidation sites excluding steroid dienone is 4. The van der Waals surface area contributed by atoms with Crippen LogP contribution >= 0.6 is 0 Å². The number of fused-ring (bicyclic) bond motifs is 8. The van der Waals surface area contributed by atoms with Crippen LogP contribution in [0.4, 0.5) is 28.8 Å². The largest absolute Gasteiger partial charge is 0.385 e. The van der Waals surface area contributed by atoms with Crippen LogP contribution in [0.25, 0.3) is 66.1 Å². The van der Waals surface area contributed by atoms with Gasteiger partial charge in [-0.05, 0) is 167 Å². The third kappa shape index (κ3) is 7.05. The Hall–Kier alpha value is -8.87. The lowest BCUT2D eigenvalue weighted by atomic mass is 9.79. The van der Waals surface area contributed by atoms with Crippen LogP contribution in [0.3, 0.4) is 0 Å². The summed E-state index contributed by atoms with van der Waals surface area (Å²) in [4.78, 5) is 18.8. The Bertz CT molecular complexity index is 3760. The zero-order valence-electron chi connectivity index (χ0n) is 40.3. The van der Waals surface area contributed by atoms with Crippen molar-refractivity contribution in [2.45, 2.75) is 38.5 Å². The van der Waals surface area contributed by atoms with Crippen molar-refractivity contribution in [3.63, 3.8) is 0 Å². The number of hydrogen-bond donors (Lipinski definition) is 1. The van der Waals surface area contributed by atoms with Gasteiger partial charge in [0, 0.05) is 40.8 Å². The van der Waals surface area contributed by atoms with Crippen LogP contribution in [-0.2, 0) is 10.8 Å². The van der Waals surface area contributed by atoms with E-state index in [1.165, 1.54) is 44.5 Å². The maximum Gasteiger partial charge on any atom is 0.138 e. The number of rotatable bonds is 10. The molecule has 0 saturated carbocycles. The fraction of sp³-hybridized carbons (Fsp3) is 0.0923. The fourth-order valence-electron chi connectivity index (χ4n) is 11.4. The topological polar surface area (TPSA) is 71.2 Å². The molecule has 71 heavy (non-hydrogen) atoms. The quantitative estimate of drug-likeness (QED) is 0.109. The number of aromatic nitrogens is 3. The second-order valence-electron chi connectivity index (χ2n) is 19.5. The maximum atomic E-state index is 7.06. The number of hydrogen-bond acceptors (Lipinski definition) is 6. The molecule has 0 aliphatic heterocycles. The summed E-state index contributed by atoms with van der Waals surface area (Å²) in [5.74, 6) is 2.79. The molecule has 0 unspecified atom stereocenters. The molecule has 0 radical (unpaired) electrons. The smallest absolute Gasteiger partial charge is 0.138 e. The van der Waals surface area contributed by atoms with Crippen LogP contribution in [0.15, 0.2) is 231 Å². The standard InChI is InChI=1S/C65H52N6/c1-6-7-8-23-58(66)70(59-24-13-16-35-67-59)44-29-33-50-52(40-44)62(42-27-31-48-46-19-9-11-21-54(46)64(2,3)56(48)38-42)51-34-30-45(71(60-25-14-17-36-68-60)61-26-15-18-37-69-61)41-53(51)63(50)43-28-32-49-47-20-10-12-22-55(47)65(4,5)57(49)39-43/h6-41H,1,66H2,2-5H3/b8-7-,58-23+. The molecule has 6 heteroatoms. The minimum Gasteiger partial charge on any atom is -0.385 e. The molecule has 2 aliphatic carbocycles. The first-order valence-electron chi connectivity index (χ1n) is 24.2. The number of nitrogens with zero attached hydrogens (tertiary/aromatic N) is 5. The van der Waals surface area contributed by atoms with E-state index in [0.29, 0.717) is 11.6 Å². The van der Waals surface area contributed by atoms with Gasteiger partial charge in [0.2, 0.25) is 0 Å². The molecule has 2 aliphatic rings. The molecule has 0 spiro atoms. The van der Waals surface area contributed by atoms with E-state index < -0.39 is 0 Å². The summed E-state index contributed by atoms with van der Waals surface area (Å²) >= 11 is 0. The Labute approximate surface area is 415 Å². The SMILES string of the molecule is C=C/C=C\C=C(/N)N(c1ccc2c(-c3ccc4c(c3)C(C)(C)c3ccccc3-4)c3cc(N(c4ccccn4)c4ccccn4)ccc3c(-c3ccc4c(c3)C(C)(C)c3ccccc3-4)c2c1)c1ccccn1. The van der Waals surface area contributed by atoms with Gasteiger partial charge in [-0.1, -0.05) is 156 Å². The number of nitrogens with two attached hydrogens (primary N) is 1. The maximum absolute atomic E-state index is 7.06.